The number of nitrogens with two attached hydrogens (primary N) is 1. The van der Waals surface area contributed by atoms with Crippen LogP contribution in [0.3, 0.4) is 0 Å². The number of ether oxygens (including phenoxy) is 1. The zero-order valence-electron chi connectivity index (χ0n) is 14.2. The van der Waals surface area contributed by atoms with Crippen molar-refractivity contribution < 1.29 is 13.9 Å². The summed E-state index contributed by atoms with van der Waals surface area (Å²) in [5.74, 6) is 1.32. The van der Waals surface area contributed by atoms with E-state index in [2.05, 4.69) is 10.2 Å². The standard InChI is InChI=1S/C18H17ClN4O3/c1-11(25-15-8-6-14(7-9-15)23(2)18(20)24)16-21-22-17(26-16)12-4-3-5-13(19)10-12/h3-11H,1-2H3,(H2,20,24). The van der Waals surface area contributed by atoms with E-state index >= 15 is 0 Å². The Morgan fingerprint density at radius 2 is 1.96 bits per heavy atom. The van der Waals surface area contributed by atoms with Gasteiger partial charge in [-0.1, -0.05) is 17.7 Å². The number of carbonyl (C=O) groups excluding carboxylic acids is 1. The highest BCUT2D eigenvalue weighted by Crippen LogP contribution is 2.27. The lowest BCUT2D eigenvalue weighted by Gasteiger charge is -2.15. The van der Waals surface area contributed by atoms with Gasteiger partial charge in [0.2, 0.25) is 5.89 Å². The number of hydrogen-bond donors (Lipinski definition) is 1. The molecule has 0 fully saturated rings. The van der Waals surface area contributed by atoms with E-state index in [9.17, 15) is 4.79 Å². The quantitative estimate of drug-likeness (QED) is 0.729. The first-order valence-corrected chi connectivity index (χ1v) is 8.21. The van der Waals surface area contributed by atoms with Gasteiger partial charge in [-0.15, -0.1) is 10.2 Å². The lowest BCUT2D eigenvalue weighted by molar-refractivity contribution is 0.189. The van der Waals surface area contributed by atoms with E-state index in [0.29, 0.717) is 28.2 Å². The van der Waals surface area contributed by atoms with Crippen LogP contribution in [0.15, 0.2) is 52.9 Å². The second-order valence-corrected chi connectivity index (χ2v) is 6.04. The topological polar surface area (TPSA) is 94.5 Å². The van der Waals surface area contributed by atoms with Gasteiger partial charge in [0.25, 0.3) is 5.89 Å². The molecule has 2 N–H and O–H groups in total. The van der Waals surface area contributed by atoms with Gasteiger partial charge in [0.05, 0.1) is 0 Å². The van der Waals surface area contributed by atoms with Gasteiger partial charge in [-0.2, -0.15) is 0 Å². The van der Waals surface area contributed by atoms with Crippen molar-refractivity contribution in [1.29, 1.82) is 0 Å². The molecule has 26 heavy (non-hydrogen) atoms. The normalized spacial score (nSPS) is 11.8. The number of primary amides is 1. The summed E-state index contributed by atoms with van der Waals surface area (Å²) < 4.78 is 11.5. The maximum atomic E-state index is 11.2. The molecule has 0 spiro atoms. The minimum Gasteiger partial charge on any atom is -0.481 e. The zero-order chi connectivity index (χ0) is 18.7. The van der Waals surface area contributed by atoms with Crippen LogP contribution in [0.4, 0.5) is 10.5 Å². The van der Waals surface area contributed by atoms with E-state index in [1.165, 1.54) is 4.90 Å². The summed E-state index contributed by atoms with van der Waals surface area (Å²) in [7, 11) is 1.59. The number of anilines is 1. The molecule has 1 atom stereocenters. The first kappa shape index (κ1) is 17.8. The van der Waals surface area contributed by atoms with E-state index in [-0.39, 0.29) is 0 Å². The second-order valence-electron chi connectivity index (χ2n) is 5.61. The van der Waals surface area contributed by atoms with Crippen LogP contribution in [0.1, 0.15) is 18.9 Å². The average Bonchev–Trinajstić information content (AvgIpc) is 3.12. The van der Waals surface area contributed by atoms with E-state index in [4.69, 9.17) is 26.5 Å². The highest BCUT2D eigenvalue weighted by molar-refractivity contribution is 6.30. The number of aromatic nitrogens is 2. The van der Waals surface area contributed by atoms with Gasteiger partial charge < -0.3 is 14.9 Å². The Kier molecular flexibility index (Phi) is 5.09. The highest BCUT2D eigenvalue weighted by Gasteiger charge is 2.17. The zero-order valence-corrected chi connectivity index (χ0v) is 15.0. The van der Waals surface area contributed by atoms with Crippen LogP contribution in [-0.4, -0.2) is 23.3 Å². The van der Waals surface area contributed by atoms with Crippen LogP contribution in [0, 0.1) is 0 Å². The minimum atomic E-state index is -0.536. The molecule has 1 heterocycles. The SMILES string of the molecule is CC(Oc1ccc(N(C)C(N)=O)cc1)c1nnc(-c2cccc(Cl)c2)o1. The van der Waals surface area contributed by atoms with Gasteiger partial charge in [0.1, 0.15) is 5.75 Å². The molecule has 0 aliphatic carbocycles. The molecule has 7 nitrogen and oxygen atoms in total. The third-order valence-electron chi connectivity index (χ3n) is 3.73. The predicted molar refractivity (Wildman–Crippen MR) is 98.2 cm³/mol. The Morgan fingerprint density at radius 1 is 1.23 bits per heavy atom. The number of carbonyl (C=O) groups is 1. The van der Waals surface area contributed by atoms with Crippen molar-refractivity contribution >= 4 is 23.3 Å². The number of hydrogen-bond acceptors (Lipinski definition) is 5. The summed E-state index contributed by atoms with van der Waals surface area (Å²) in [5.41, 5.74) is 6.65. The largest absolute Gasteiger partial charge is 0.481 e. The fourth-order valence-electron chi connectivity index (χ4n) is 2.27. The number of rotatable bonds is 5. The third-order valence-corrected chi connectivity index (χ3v) is 3.96. The van der Waals surface area contributed by atoms with Crippen LogP contribution in [-0.2, 0) is 0 Å². The molecule has 134 valence electrons. The van der Waals surface area contributed by atoms with Crippen molar-refractivity contribution in [2.24, 2.45) is 5.73 Å². The molecule has 2 aromatic carbocycles. The van der Waals surface area contributed by atoms with Crippen LogP contribution >= 0.6 is 11.6 Å². The molecule has 1 unspecified atom stereocenters. The molecule has 3 rings (SSSR count). The number of benzene rings is 2. The van der Waals surface area contributed by atoms with E-state index < -0.39 is 12.1 Å². The number of urea groups is 1. The van der Waals surface area contributed by atoms with Crippen molar-refractivity contribution in [2.75, 3.05) is 11.9 Å². The lowest BCUT2D eigenvalue weighted by Crippen LogP contribution is -2.31. The molecule has 3 aromatic rings. The molecule has 0 saturated heterocycles. The van der Waals surface area contributed by atoms with E-state index in [0.717, 1.165) is 5.56 Å². The van der Waals surface area contributed by atoms with Crippen LogP contribution in [0.2, 0.25) is 5.02 Å². The number of halogens is 1. The summed E-state index contributed by atoms with van der Waals surface area (Å²) in [5, 5.41) is 8.66. The van der Waals surface area contributed by atoms with Crippen molar-refractivity contribution in [2.45, 2.75) is 13.0 Å². The van der Waals surface area contributed by atoms with Gasteiger partial charge in [-0.05, 0) is 49.4 Å². The Morgan fingerprint density at radius 3 is 2.62 bits per heavy atom. The summed E-state index contributed by atoms with van der Waals surface area (Å²) in [6.07, 6.45) is -0.449. The Hall–Kier alpha value is -3.06. The first-order chi connectivity index (χ1) is 12.4. The van der Waals surface area contributed by atoms with Crippen molar-refractivity contribution in [3.05, 3.63) is 59.4 Å². The molecule has 0 saturated carbocycles. The van der Waals surface area contributed by atoms with Gasteiger partial charge in [-0.25, -0.2) is 4.79 Å². The molecule has 8 heteroatoms. The van der Waals surface area contributed by atoms with Crippen LogP contribution in [0.25, 0.3) is 11.5 Å². The van der Waals surface area contributed by atoms with Crippen LogP contribution < -0.4 is 15.4 Å². The van der Waals surface area contributed by atoms with Gasteiger partial charge >= 0.3 is 6.03 Å². The van der Waals surface area contributed by atoms with Crippen molar-refractivity contribution in [3.63, 3.8) is 0 Å². The molecule has 0 radical (unpaired) electrons. The summed E-state index contributed by atoms with van der Waals surface area (Å²) in [6, 6.07) is 13.6. The monoisotopic (exact) mass is 372 g/mol. The van der Waals surface area contributed by atoms with Gasteiger partial charge in [-0.3, -0.25) is 4.90 Å². The Bertz CT molecular complexity index is 911. The summed E-state index contributed by atoms with van der Waals surface area (Å²) in [6.45, 7) is 1.80. The maximum absolute atomic E-state index is 11.2. The highest BCUT2D eigenvalue weighted by atomic mass is 35.5. The number of amides is 2. The minimum absolute atomic E-state index is 0.346. The molecule has 0 aliphatic heterocycles. The lowest BCUT2D eigenvalue weighted by atomic mass is 10.2. The predicted octanol–water partition coefficient (Wildman–Crippen LogP) is 4.04. The van der Waals surface area contributed by atoms with E-state index in [1.807, 2.05) is 12.1 Å². The summed E-state index contributed by atoms with van der Waals surface area (Å²) >= 11 is 5.98. The van der Waals surface area contributed by atoms with Crippen molar-refractivity contribution in [3.8, 4) is 17.2 Å². The molecule has 2 amide bonds. The number of nitrogens with zero attached hydrogens (tertiary/aromatic N) is 3. The molecular weight excluding hydrogens is 356 g/mol. The Balaban J connectivity index is 1.70. The van der Waals surface area contributed by atoms with Gasteiger partial charge in [0.15, 0.2) is 6.10 Å². The smallest absolute Gasteiger partial charge is 0.318 e. The molecule has 0 bridgehead atoms. The fraction of sp³-hybridized carbons (Fsp3) is 0.167. The van der Waals surface area contributed by atoms with E-state index in [1.54, 1.807) is 50.4 Å². The molecular formula is C18H17ClN4O3. The third kappa shape index (κ3) is 3.94. The Labute approximate surface area is 155 Å². The average molecular weight is 373 g/mol. The van der Waals surface area contributed by atoms with Crippen LogP contribution in [0.5, 0.6) is 5.75 Å². The second kappa shape index (κ2) is 7.45. The summed E-state index contributed by atoms with van der Waals surface area (Å²) in [4.78, 5) is 12.5. The maximum Gasteiger partial charge on any atom is 0.318 e. The molecule has 1 aromatic heterocycles. The van der Waals surface area contributed by atoms with Gasteiger partial charge in [0, 0.05) is 23.3 Å². The first-order valence-electron chi connectivity index (χ1n) is 7.83. The molecule has 0 aliphatic rings. The van der Waals surface area contributed by atoms with Crippen molar-refractivity contribution in [1.82, 2.24) is 10.2 Å². The fourth-order valence-corrected chi connectivity index (χ4v) is 2.46.